The van der Waals surface area contributed by atoms with Crippen molar-refractivity contribution < 1.29 is 18.4 Å². The van der Waals surface area contributed by atoms with Gasteiger partial charge in [-0.15, -0.1) is 10.2 Å². The Balaban J connectivity index is 1.17. The van der Waals surface area contributed by atoms with E-state index >= 15 is 0 Å². The summed E-state index contributed by atoms with van der Waals surface area (Å²) in [7, 11) is 0. The van der Waals surface area contributed by atoms with Crippen LogP contribution >= 0.6 is 0 Å². The monoisotopic (exact) mass is 475 g/mol. The highest BCUT2D eigenvalue weighted by Gasteiger charge is 2.36. The van der Waals surface area contributed by atoms with Crippen molar-refractivity contribution in [2.75, 3.05) is 6.54 Å². The van der Waals surface area contributed by atoms with Crippen LogP contribution in [0.25, 0.3) is 22.8 Å². The van der Waals surface area contributed by atoms with Crippen molar-refractivity contribution in [2.45, 2.75) is 45.4 Å². The van der Waals surface area contributed by atoms with Crippen molar-refractivity contribution in [3.05, 3.63) is 59.6 Å². The van der Waals surface area contributed by atoms with Gasteiger partial charge in [0.2, 0.25) is 11.7 Å². The van der Waals surface area contributed by atoms with E-state index in [0.29, 0.717) is 53.8 Å². The van der Waals surface area contributed by atoms with Gasteiger partial charge in [-0.1, -0.05) is 5.16 Å². The number of rotatable bonds is 6. The second-order valence-electron chi connectivity index (χ2n) is 8.68. The molecular formula is C24H22FN7O3. The van der Waals surface area contributed by atoms with Gasteiger partial charge in [0.15, 0.2) is 5.82 Å². The molecule has 1 saturated carbocycles. The average molecular weight is 475 g/mol. The molecule has 11 heteroatoms. The Morgan fingerprint density at radius 1 is 1.09 bits per heavy atom. The fourth-order valence-electron chi connectivity index (χ4n) is 4.40. The minimum atomic E-state index is -0.323. The molecule has 1 aliphatic heterocycles. The first kappa shape index (κ1) is 21.4. The Hall–Kier alpha value is -4.15. The summed E-state index contributed by atoms with van der Waals surface area (Å²) >= 11 is 0. The van der Waals surface area contributed by atoms with Crippen molar-refractivity contribution in [1.82, 2.24) is 34.8 Å². The zero-order chi connectivity index (χ0) is 23.9. The molecule has 178 valence electrons. The fourth-order valence-corrected chi connectivity index (χ4v) is 4.40. The standard InChI is InChI=1S/C24H22FN7O3/c1-14-18(21(30-35-14)15-5-7-16(25)8-6-15)13-34-20-12-26-19(11-27-20)22-28-29-23-24(33)31(9-10-32(22)23)17-3-2-4-17/h5-8,11-12,17H,2-4,9-10,13H2,1H3. The van der Waals surface area contributed by atoms with Gasteiger partial charge >= 0.3 is 0 Å². The lowest BCUT2D eigenvalue weighted by Crippen LogP contribution is -2.49. The van der Waals surface area contributed by atoms with Crippen molar-refractivity contribution in [3.8, 4) is 28.7 Å². The molecule has 0 saturated heterocycles. The summed E-state index contributed by atoms with van der Waals surface area (Å²) in [6.07, 6.45) is 6.33. The predicted molar refractivity (Wildman–Crippen MR) is 121 cm³/mol. The normalized spacial score (nSPS) is 15.7. The highest BCUT2D eigenvalue weighted by Crippen LogP contribution is 2.30. The molecule has 0 bridgehead atoms. The number of carbonyl (C=O) groups is 1. The molecule has 10 nitrogen and oxygen atoms in total. The van der Waals surface area contributed by atoms with E-state index in [2.05, 4.69) is 25.3 Å². The Labute approximate surface area is 199 Å². The number of fused-ring (bicyclic) bond motifs is 1. The van der Waals surface area contributed by atoms with Gasteiger partial charge in [-0.3, -0.25) is 9.36 Å². The Morgan fingerprint density at radius 2 is 1.89 bits per heavy atom. The molecule has 0 spiro atoms. The summed E-state index contributed by atoms with van der Waals surface area (Å²) < 4.78 is 26.2. The van der Waals surface area contributed by atoms with Gasteiger partial charge < -0.3 is 14.2 Å². The maximum atomic E-state index is 13.3. The van der Waals surface area contributed by atoms with Crippen molar-refractivity contribution in [3.63, 3.8) is 0 Å². The lowest BCUT2D eigenvalue weighted by Gasteiger charge is -2.39. The van der Waals surface area contributed by atoms with Crippen LogP contribution in [0.5, 0.6) is 5.88 Å². The third kappa shape index (κ3) is 3.82. The average Bonchev–Trinajstić information content (AvgIpc) is 3.43. The molecule has 1 amide bonds. The van der Waals surface area contributed by atoms with Gasteiger partial charge in [-0.05, 0) is 50.5 Å². The highest BCUT2D eigenvalue weighted by atomic mass is 19.1. The summed E-state index contributed by atoms with van der Waals surface area (Å²) in [5.74, 6) is 1.37. The van der Waals surface area contributed by atoms with Crippen LogP contribution in [0.4, 0.5) is 4.39 Å². The molecule has 4 aromatic rings. The minimum Gasteiger partial charge on any atom is -0.471 e. The third-order valence-electron chi connectivity index (χ3n) is 6.61. The molecule has 0 unspecified atom stereocenters. The van der Waals surface area contributed by atoms with E-state index in [1.54, 1.807) is 29.8 Å². The van der Waals surface area contributed by atoms with E-state index in [-0.39, 0.29) is 18.3 Å². The quantitative estimate of drug-likeness (QED) is 0.417. The molecule has 4 heterocycles. The van der Waals surface area contributed by atoms with Crippen molar-refractivity contribution >= 4 is 5.91 Å². The van der Waals surface area contributed by atoms with Crippen LogP contribution in [0.2, 0.25) is 0 Å². The smallest absolute Gasteiger partial charge is 0.292 e. The van der Waals surface area contributed by atoms with E-state index in [0.717, 1.165) is 24.0 Å². The molecule has 1 aromatic carbocycles. The molecule has 0 radical (unpaired) electrons. The Bertz CT molecular complexity index is 1380. The van der Waals surface area contributed by atoms with Crippen LogP contribution in [0.1, 0.15) is 41.2 Å². The summed E-state index contributed by atoms with van der Waals surface area (Å²) in [5.41, 5.74) is 2.56. The van der Waals surface area contributed by atoms with Crippen LogP contribution in [-0.4, -0.2) is 53.3 Å². The van der Waals surface area contributed by atoms with Gasteiger partial charge in [0.1, 0.15) is 29.6 Å². The first-order valence-corrected chi connectivity index (χ1v) is 11.5. The van der Waals surface area contributed by atoms with Crippen LogP contribution in [0.15, 0.2) is 41.2 Å². The third-order valence-corrected chi connectivity index (χ3v) is 6.61. The fraction of sp³-hybridized carbons (Fsp3) is 0.333. The highest BCUT2D eigenvalue weighted by molar-refractivity contribution is 5.92. The summed E-state index contributed by atoms with van der Waals surface area (Å²) in [5, 5.41) is 12.4. The van der Waals surface area contributed by atoms with Gasteiger partial charge in [-0.25, -0.2) is 14.4 Å². The number of halogens is 1. The largest absolute Gasteiger partial charge is 0.471 e. The molecule has 2 aliphatic rings. The Kier molecular flexibility index (Phi) is 5.24. The number of aryl methyl sites for hydroxylation is 1. The second kappa shape index (κ2) is 8.57. The molecule has 3 aromatic heterocycles. The van der Waals surface area contributed by atoms with Gasteiger partial charge in [0, 0.05) is 24.7 Å². The minimum absolute atomic E-state index is 0.0753. The maximum Gasteiger partial charge on any atom is 0.292 e. The van der Waals surface area contributed by atoms with E-state index in [4.69, 9.17) is 9.26 Å². The van der Waals surface area contributed by atoms with Gasteiger partial charge in [-0.2, -0.15) is 0 Å². The number of aromatic nitrogens is 6. The second-order valence-corrected chi connectivity index (χ2v) is 8.68. The van der Waals surface area contributed by atoms with Crippen LogP contribution in [0, 0.1) is 12.7 Å². The molecule has 6 rings (SSSR count). The van der Waals surface area contributed by atoms with Crippen LogP contribution in [-0.2, 0) is 13.2 Å². The maximum absolute atomic E-state index is 13.3. The first-order valence-electron chi connectivity index (χ1n) is 11.5. The molecule has 1 aliphatic carbocycles. The zero-order valence-electron chi connectivity index (χ0n) is 19.0. The number of benzene rings is 1. The SMILES string of the molecule is Cc1onc(-c2ccc(F)cc2)c1COc1cnc(-c2nnc3n2CCN(C2CCC2)C3=O)cn1. The van der Waals surface area contributed by atoms with Crippen molar-refractivity contribution in [2.24, 2.45) is 0 Å². The lowest BCUT2D eigenvalue weighted by molar-refractivity contribution is 0.0506. The lowest BCUT2D eigenvalue weighted by atomic mass is 9.91. The first-order chi connectivity index (χ1) is 17.1. The number of amides is 1. The number of hydrogen-bond donors (Lipinski definition) is 0. The van der Waals surface area contributed by atoms with Crippen LogP contribution < -0.4 is 4.74 Å². The summed E-state index contributed by atoms with van der Waals surface area (Å²) in [6, 6.07) is 6.34. The van der Waals surface area contributed by atoms with Crippen molar-refractivity contribution in [1.29, 1.82) is 0 Å². The van der Waals surface area contributed by atoms with Gasteiger partial charge in [0.25, 0.3) is 5.91 Å². The zero-order valence-corrected chi connectivity index (χ0v) is 19.0. The number of hydrogen-bond acceptors (Lipinski definition) is 8. The van der Waals surface area contributed by atoms with Gasteiger partial charge in [0.05, 0.1) is 18.0 Å². The van der Waals surface area contributed by atoms with Crippen LogP contribution in [0.3, 0.4) is 0 Å². The predicted octanol–water partition coefficient (Wildman–Crippen LogP) is 3.42. The van der Waals surface area contributed by atoms with E-state index in [9.17, 15) is 9.18 Å². The Morgan fingerprint density at radius 3 is 2.60 bits per heavy atom. The number of ether oxygens (including phenoxy) is 1. The molecule has 0 atom stereocenters. The number of carbonyl (C=O) groups excluding carboxylic acids is 1. The summed E-state index contributed by atoms with van der Waals surface area (Å²) in [6.45, 7) is 3.21. The molecule has 35 heavy (non-hydrogen) atoms. The van der Waals surface area contributed by atoms with E-state index in [1.165, 1.54) is 24.8 Å². The molecular weight excluding hydrogens is 453 g/mol. The topological polar surface area (TPSA) is 112 Å². The van der Waals surface area contributed by atoms with E-state index in [1.807, 2.05) is 4.90 Å². The molecule has 0 N–H and O–H groups in total. The summed E-state index contributed by atoms with van der Waals surface area (Å²) in [4.78, 5) is 23.5. The number of nitrogens with zero attached hydrogens (tertiary/aromatic N) is 7. The van der Waals surface area contributed by atoms with E-state index < -0.39 is 0 Å². The molecule has 1 fully saturated rings.